The summed E-state index contributed by atoms with van der Waals surface area (Å²) in [5.41, 5.74) is 10.9. The Labute approximate surface area is 326 Å². The lowest BCUT2D eigenvalue weighted by Gasteiger charge is -2.10. The maximum absolute atomic E-state index is 7.08. The fourth-order valence-electron chi connectivity index (χ4n) is 8.70. The van der Waals surface area contributed by atoms with Crippen LogP contribution in [0.5, 0.6) is 0 Å². The fraction of sp³-hybridized carbons (Fsp3) is 0. The highest BCUT2D eigenvalue weighted by molar-refractivity contribution is 6.26. The summed E-state index contributed by atoms with van der Waals surface area (Å²) in [5.74, 6) is 1.78. The maximum atomic E-state index is 7.08. The van der Waals surface area contributed by atoms with Crippen molar-refractivity contribution in [1.82, 2.24) is 24.1 Å². The Kier molecular flexibility index (Phi) is 6.83. The van der Waals surface area contributed by atoms with E-state index >= 15 is 0 Å². The van der Waals surface area contributed by atoms with Crippen molar-refractivity contribution in [2.75, 3.05) is 0 Å². The third-order valence-electron chi connectivity index (χ3n) is 11.2. The van der Waals surface area contributed by atoms with Gasteiger partial charge in [0.1, 0.15) is 5.58 Å². The summed E-state index contributed by atoms with van der Waals surface area (Å²) in [6, 6.07) is 65.4. The van der Waals surface area contributed by atoms with Crippen LogP contribution in [0.1, 0.15) is 0 Å². The molecule has 4 heterocycles. The van der Waals surface area contributed by atoms with Crippen LogP contribution >= 0.6 is 0 Å². The number of hydrogen-bond donors (Lipinski definition) is 0. The Morgan fingerprint density at radius 2 is 0.895 bits per heavy atom. The zero-order valence-electron chi connectivity index (χ0n) is 30.5. The number of para-hydroxylation sites is 5. The Bertz CT molecular complexity index is 3450. The molecule has 0 unspecified atom stereocenters. The molecule has 0 amide bonds. The predicted molar refractivity (Wildman–Crippen MR) is 232 cm³/mol. The van der Waals surface area contributed by atoms with Gasteiger partial charge in [-0.1, -0.05) is 146 Å². The smallest absolute Gasteiger partial charge is 0.167 e. The third-order valence-corrected chi connectivity index (χ3v) is 11.2. The Morgan fingerprint density at radius 1 is 0.351 bits per heavy atom. The first-order valence-corrected chi connectivity index (χ1v) is 19.1. The van der Waals surface area contributed by atoms with Gasteiger partial charge < -0.3 is 13.6 Å². The zero-order valence-corrected chi connectivity index (χ0v) is 30.5. The molecular formula is C51H31N5O. The molecule has 0 spiro atoms. The third kappa shape index (κ3) is 4.74. The molecule has 12 rings (SSSR count). The molecule has 0 bridgehead atoms. The second-order valence-electron chi connectivity index (χ2n) is 14.4. The van der Waals surface area contributed by atoms with Crippen molar-refractivity contribution < 1.29 is 4.42 Å². The number of nitrogens with zero attached hydrogens (tertiary/aromatic N) is 5. The van der Waals surface area contributed by atoms with Gasteiger partial charge in [0.15, 0.2) is 23.1 Å². The SMILES string of the molecule is c1ccc(-c2nc(-c3ccccc3)nc(-c3cccc4c3oc3c(-n5c6ccccc6c6c5ccc5c7ccccc7n(-c7ccccc7)c56)cccc34)n2)cc1. The molecule has 0 fully saturated rings. The minimum atomic E-state index is 0.557. The van der Waals surface area contributed by atoms with Gasteiger partial charge in [-0.05, 0) is 42.5 Å². The van der Waals surface area contributed by atoms with E-state index in [4.69, 9.17) is 19.4 Å². The molecular weight excluding hydrogens is 699 g/mol. The number of hydrogen-bond acceptors (Lipinski definition) is 4. The maximum Gasteiger partial charge on any atom is 0.167 e. The molecule has 0 N–H and O–H groups in total. The highest BCUT2D eigenvalue weighted by atomic mass is 16.3. The quantitative estimate of drug-likeness (QED) is 0.177. The normalized spacial score (nSPS) is 11.9. The summed E-state index contributed by atoms with van der Waals surface area (Å²) in [6.45, 7) is 0. The molecule has 266 valence electrons. The molecule has 0 atom stereocenters. The number of fused-ring (bicyclic) bond motifs is 10. The molecule has 6 heteroatoms. The van der Waals surface area contributed by atoms with E-state index < -0.39 is 0 Å². The lowest BCUT2D eigenvalue weighted by molar-refractivity contribution is 0.667. The van der Waals surface area contributed by atoms with E-state index in [0.717, 1.165) is 61.0 Å². The van der Waals surface area contributed by atoms with Gasteiger partial charge in [-0.15, -0.1) is 0 Å². The Morgan fingerprint density at radius 3 is 1.60 bits per heavy atom. The van der Waals surface area contributed by atoms with E-state index in [1.807, 2.05) is 66.7 Å². The number of aromatic nitrogens is 5. The van der Waals surface area contributed by atoms with E-state index in [-0.39, 0.29) is 0 Å². The van der Waals surface area contributed by atoms with Crippen LogP contribution in [-0.4, -0.2) is 24.1 Å². The van der Waals surface area contributed by atoms with Gasteiger partial charge in [0.2, 0.25) is 0 Å². The summed E-state index contributed by atoms with van der Waals surface area (Å²) in [7, 11) is 0. The zero-order chi connectivity index (χ0) is 37.5. The largest absolute Gasteiger partial charge is 0.453 e. The predicted octanol–water partition coefficient (Wildman–Crippen LogP) is 13.0. The summed E-state index contributed by atoms with van der Waals surface area (Å²) < 4.78 is 11.9. The summed E-state index contributed by atoms with van der Waals surface area (Å²) in [5, 5.41) is 6.85. The van der Waals surface area contributed by atoms with Crippen LogP contribution in [-0.2, 0) is 0 Å². The van der Waals surface area contributed by atoms with E-state index in [2.05, 4.69) is 130 Å². The lowest BCUT2D eigenvalue weighted by atomic mass is 10.1. The van der Waals surface area contributed by atoms with Crippen LogP contribution in [0.15, 0.2) is 192 Å². The summed E-state index contributed by atoms with van der Waals surface area (Å²) in [4.78, 5) is 15.1. The molecule has 6 nitrogen and oxygen atoms in total. The molecule has 0 aliphatic rings. The van der Waals surface area contributed by atoms with E-state index in [9.17, 15) is 0 Å². The van der Waals surface area contributed by atoms with Gasteiger partial charge in [0.25, 0.3) is 0 Å². The van der Waals surface area contributed by atoms with Crippen LogP contribution in [0, 0.1) is 0 Å². The van der Waals surface area contributed by atoms with Gasteiger partial charge in [-0.3, -0.25) is 0 Å². The highest BCUT2D eigenvalue weighted by Gasteiger charge is 2.24. The van der Waals surface area contributed by atoms with Crippen LogP contribution in [0.4, 0.5) is 0 Å². The first kappa shape index (κ1) is 31.5. The molecule has 8 aromatic carbocycles. The van der Waals surface area contributed by atoms with Crippen molar-refractivity contribution in [2.24, 2.45) is 0 Å². The van der Waals surface area contributed by atoms with Crippen molar-refractivity contribution in [3.05, 3.63) is 188 Å². The minimum absolute atomic E-state index is 0.557. The van der Waals surface area contributed by atoms with Crippen molar-refractivity contribution >= 4 is 65.6 Å². The van der Waals surface area contributed by atoms with Gasteiger partial charge in [-0.2, -0.15) is 0 Å². The second-order valence-corrected chi connectivity index (χ2v) is 14.4. The van der Waals surface area contributed by atoms with Crippen molar-refractivity contribution in [1.29, 1.82) is 0 Å². The lowest BCUT2D eigenvalue weighted by Crippen LogP contribution is -2.00. The monoisotopic (exact) mass is 729 g/mol. The number of furan rings is 1. The average molecular weight is 730 g/mol. The topological polar surface area (TPSA) is 61.7 Å². The molecule has 0 saturated heterocycles. The van der Waals surface area contributed by atoms with Crippen molar-refractivity contribution in [2.45, 2.75) is 0 Å². The minimum Gasteiger partial charge on any atom is -0.453 e. The van der Waals surface area contributed by atoms with Crippen LogP contribution in [0.3, 0.4) is 0 Å². The van der Waals surface area contributed by atoms with Crippen molar-refractivity contribution in [3.8, 4) is 45.5 Å². The number of benzene rings is 8. The summed E-state index contributed by atoms with van der Waals surface area (Å²) in [6.07, 6.45) is 0. The van der Waals surface area contributed by atoms with Crippen LogP contribution in [0.25, 0.3) is 111 Å². The Hall–Kier alpha value is -7.83. The first-order valence-electron chi connectivity index (χ1n) is 19.1. The molecule has 0 aliphatic carbocycles. The molecule has 12 aromatic rings. The number of rotatable bonds is 5. The van der Waals surface area contributed by atoms with Crippen LogP contribution in [0.2, 0.25) is 0 Å². The highest BCUT2D eigenvalue weighted by Crippen LogP contribution is 2.44. The summed E-state index contributed by atoms with van der Waals surface area (Å²) >= 11 is 0. The van der Waals surface area contributed by atoms with E-state index in [1.165, 1.54) is 32.6 Å². The molecule has 0 radical (unpaired) electrons. The van der Waals surface area contributed by atoms with Crippen molar-refractivity contribution in [3.63, 3.8) is 0 Å². The van der Waals surface area contributed by atoms with E-state index in [0.29, 0.717) is 17.5 Å². The first-order chi connectivity index (χ1) is 28.3. The van der Waals surface area contributed by atoms with Gasteiger partial charge >= 0.3 is 0 Å². The van der Waals surface area contributed by atoms with E-state index in [1.54, 1.807) is 0 Å². The molecule has 0 aliphatic heterocycles. The van der Waals surface area contributed by atoms with Gasteiger partial charge in [0, 0.05) is 49.1 Å². The molecule has 0 saturated carbocycles. The average Bonchev–Trinajstić information content (AvgIpc) is 3.95. The second kappa shape index (κ2) is 12.3. The van der Waals surface area contributed by atoms with Crippen LogP contribution < -0.4 is 0 Å². The van der Waals surface area contributed by atoms with Gasteiger partial charge in [0.05, 0.1) is 33.3 Å². The molecule has 57 heavy (non-hydrogen) atoms. The fourth-order valence-corrected chi connectivity index (χ4v) is 8.70. The standard InChI is InChI=1S/C51H31N5O/c1-4-16-32(17-5-1)49-52-50(33-18-6-2-7-19-33)54-51(53-49)40-26-14-24-37-38-25-15-29-44(48(38)57-47(37)40)56-42-28-13-11-23-39(42)45-43(56)31-30-36-35-22-10-12-27-41(35)55(46(36)45)34-20-8-3-9-21-34/h1-31H. The molecule has 4 aromatic heterocycles. The van der Waals surface area contributed by atoms with Gasteiger partial charge in [-0.25, -0.2) is 15.0 Å². The Balaban J connectivity index is 1.14.